The minimum Gasteiger partial charge on any atom is -0.463 e. The number of hydrogen-bond donors (Lipinski definition) is 3. The Morgan fingerprint density at radius 2 is 1.65 bits per heavy atom. The lowest BCUT2D eigenvalue weighted by Gasteiger charge is -2.28. The van der Waals surface area contributed by atoms with Gasteiger partial charge in [0.05, 0.1) is 0 Å². The molecule has 7 nitrogen and oxygen atoms in total. The minimum atomic E-state index is -0.891. The zero-order valence-electron chi connectivity index (χ0n) is 13.0. The highest BCUT2D eigenvalue weighted by Crippen LogP contribution is 2.34. The van der Waals surface area contributed by atoms with Gasteiger partial charge in [0.15, 0.2) is 0 Å². The smallest absolute Gasteiger partial charge is 0.323 e. The van der Waals surface area contributed by atoms with Crippen molar-refractivity contribution in [3.05, 3.63) is 29.8 Å². The summed E-state index contributed by atoms with van der Waals surface area (Å²) in [5, 5.41) is 2.46. The van der Waals surface area contributed by atoms with Gasteiger partial charge >= 0.3 is 17.8 Å². The summed E-state index contributed by atoms with van der Waals surface area (Å²) < 4.78 is 5.24. The van der Waals surface area contributed by atoms with Crippen molar-refractivity contribution in [3.63, 3.8) is 0 Å². The molecule has 0 radical (unpaired) electrons. The van der Waals surface area contributed by atoms with Crippen LogP contribution in [0.2, 0.25) is 0 Å². The van der Waals surface area contributed by atoms with Crippen LogP contribution in [0.4, 0.5) is 5.69 Å². The van der Waals surface area contributed by atoms with Crippen molar-refractivity contribution in [2.24, 2.45) is 5.84 Å². The molecule has 0 aliphatic heterocycles. The quantitative estimate of drug-likeness (QED) is 0.255. The molecule has 0 saturated heterocycles. The molecule has 0 atom stereocenters. The molecule has 2 rings (SSSR count). The summed E-state index contributed by atoms with van der Waals surface area (Å²) in [6, 6.07) is 7.39. The molecule has 1 aliphatic carbocycles. The predicted molar refractivity (Wildman–Crippen MR) is 84.2 cm³/mol. The van der Waals surface area contributed by atoms with Gasteiger partial charge in [0.2, 0.25) is 0 Å². The molecule has 1 aromatic carbocycles. The van der Waals surface area contributed by atoms with E-state index in [9.17, 15) is 14.4 Å². The number of carbonyl (C=O) groups is 3. The molecule has 0 heterocycles. The van der Waals surface area contributed by atoms with Gasteiger partial charge in [-0.1, -0.05) is 12.1 Å². The Labute approximate surface area is 134 Å². The van der Waals surface area contributed by atoms with E-state index in [1.54, 1.807) is 17.6 Å². The van der Waals surface area contributed by atoms with Crippen LogP contribution < -0.4 is 16.6 Å². The van der Waals surface area contributed by atoms with Crippen molar-refractivity contribution in [2.45, 2.75) is 44.6 Å². The largest absolute Gasteiger partial charge is 0.463 e. The highest BCUT2D eigenvalue weighted by Gasteiger charge is 2.24. The standard InChI is InChI=1S/C16H21N3O4/c1-10(20)23-14-8-4-12(5-9-14)11-2-6-13(7-3-11)18-15(21)16(22)19-17/h2-3,6-7,12,14H,4-5,8-9,17H2,1H3,(H,18,21)(H,19,22). The van der Waals surface area contributed by atoms with Crippen molar-refractivity contribution < 1.29 is 19.1 Å². The molecule has 1 saturated carbocycles. The number of benzene rings is 1. The first kappa shape index (κ1) is 17.0. The van der Waals surface area contributed by atoms with Gasteiger partial charge in [0.25, 0.3) is 0 Å². The summed E-state index contributed by atoms with van der Waals surface area (Å²) in [5.74, 6) is 3.39. The third-order valence-electron chi connectivity index (χ3n) is 3.98. The Morgan fingerprint density at radius 3 is 2.17 bits per heavy atom. The SMILES string of the molecule is CC(=O)OC1CCC(c2ccc(NC(=O)C(=O)NN)cc2)CC1. The topological polar surface area (TPSA) is 111 Å². The summed E-state index contributed by atoms with van der Waals surface area (Å²) in [6.07, 6.45) is 3.66. The first-order valence-electron chi connectivity index (χ1n) is 7.58. The molecule has 1 aromatic rings. The first-order valence-corrected chi connectivity index (χ1v) is 7.58. The highest BCUT2D eigenvalue weighted by atomic mass is 16.5. The number of carbonyl (C=O) groups excluding carboxylic acids is 3. The summed E-state index contributed by atoms with van der Waals surface area (Å²) in [6.45, 7) is 1.43. The molecule has 0 bridgehead atoms. The van der Waals surface area contributed by atoms with E-state index in [1.807, 2.05) is 12.1 Å². The second kappa shape index (κ2) is 7.73. The first-order chi connectivity index (χ1) is 11.0. The van der Waals surface area contributed by atoms with Gasteiger partial charge in [-0.3, -0.25) is 19.8 Å². The lowest BCUT2D eigenvalue weighted by atomic mass is 9.82. The molecule has 0 aromatic heterocycles. The van der Waals surface area contributed by atoms with E-state index in [-0.39, 0.29) is 12.1 Å². The molecule has 0 spiro atoms. The monoisotopic (exact) mass is 319 g/mol. The molecule has 1 fully saturated rings. The van der Waals surface area contributed by atoms with Crippen molar-refractivity contribution >= 4 is 23.5 Å². The molecule has 7 heteroatoms. The average Bonchev–Trinajstić information content (AvgIpc) is 2.55. The van der Waals surface area contributed by atoms with Crippen molar-refractivity contribution in [1.82, 2.24) is 5.43 Å². The van der Waals surface area contributed by atoms with Crippen LogP contribution in [-0.4, -0.2) is 23.9 Å². The number of nitrogens with one attached hydrogen (secondary N) is 2. The fraction of sp³-hybridized carbons (Fsp3) is 0.438. The van der Waals surface area contributed by atoms with E-state index < -0.39 is 11.8 Å². The van der Waals surface area contributed by atoms with Crippen LogP contribution in [0.3, 0.4) is 0 Å². The normalized spacial score (nSPS) is 20.4. The van der Waals surface area contributed by atoms with Gasteiger partial charge < -0.3 is 10.1 Å². The molecule has 2 amide bonds. The summed E-state index contributed by atoms with van der Waals surface area (Å²) >= 11 is 0. The number of rotatable bonds is 3. The van der Waals surface area contributed by atoms with Crippen molar-refractivity contribution in [2.75, 3.05) is 5.32 Å². The predicted octanol–water partition coefficient (Wildman–Crippen LogP) is 1.20. The maximum absolute atomic E-state index is 11.4. The average molecular weight is 319 g/mol. The number of nitrogens with two attached hydrogens (primary N) is 1. The lowest BCUT2D eigenvalue weighted by Crippen LogP contribution is -2.39. The maximum atomic E-state index is 11.4. The van der Waals surface area contributed by atoms with E-state index in [4.69, 9.17) is 10.6 Å². The van der Waals surface area contributed by atoms with Gasteiger partial charge in [-0.05, 0) is 49.3 Å². The lowest BCUT2D eigenvalue weighted by molar-refractivity contribution is -0.147. The number of amides is 2. The Kier molecular flexibility index (Phi) is 5.70. The maximum Gasteiger partial charge on any atom is 0.323 e. The Balaban J connectivity index is 1.89. The Hall–Kier alpha value is -2.41. The van der Waals surface area contributed by atoms with E-state index >= 15 is 0 Å². The van der Waals surface area contributed by atoms with Crippen LogP contribution in [0.25, 0.3) is 0 Å². The van der Waals surface area contributed by atoms with Crippen LogP contribution in [0.15, 0.2) is 24.3 Å². The molecule has 4 N–H and O–H groups in total. The number of esters is 1. The summed E-state index contributed by atoms with van der Waals surface area (Å²) in [5.41, 5.74) is 3.49. The molecule has 23 heavy (non-hydrogen) atoms. The Morgan fingerprint density at radius 1 is 1.04 bits per heavy atom. The van der Waals surface area contributed by atoms with Crippen molar-refractivity contribution in [3.8, 4) is 0 Å². The van der Waals surface area contributed by atoms with Gasteiger partial charge in [-0.15, -0.1) is 0 Å². The van der Waals surface area contributed by atoms with Crippen LogP contribution in [0, 0.1) is 0 Å². The Bertz CT molecular complexity index is 577. The third kappa shape index (κ3) is 4.79. The van der Waals surface area contributed by atoms with Gasteiger partial charge in [-0.2, -0.15) is 0 Å². The zero-order chi connectivity index (χ0) is 16.8. The second-order valence-electron chi connectivity index (χ2n) is 5.63. The molecular weight excluding hydrogens is 298 g/mol. The molecule has 124 valence electrons. The summed E-state index contributed by atoms with van der Waals surface area (Å²) in [7, 11) is 0. The molecule has 1 aliphatic rings. The van der Waals surface area contributed by atoms with Crippen LogP contribution in [0.5, 0.6) is 0 Å². The van der Waals surface area contributed by atoms with Gasteiger partial charge in [0, 0.05) is 12.6 Å². The molecular formula is C16H21N3O4. The number of anilines is 1. The number of hydrogen-bond acceptors (Lipinski definition) is 5. The van der Waals surface area contributed by atoms with E-state index in [2.05, 4.69) is 5.32 Å². The van der Waals surface area contributed by atoms with E-state index in [0.29, 0.717) is 11.6 Å². The number of hydrazine groups is 1. The van der Waals surface area contributed by atoms with E-state index in [0.717, 1.165) is 25.7 Å². The fourth-order valence-corrected chi connectivity index (χ4v) is 2.84. The summed E-state index contributed by atoms with van der Waals surface area (Å²) in [4.78, 5) is 33.4. The fourth-order valence-electron chi connectivity index (χ4n) is 2.84. The molecule has 0 unspecified atom stereocenters. The van der Waals surface area contributed by atoms with Crippen LogP contribution in [-0.2, 0) is 19.1 Å². The van der Waals surface area contributed by atoms with Gasteiger partial charge in [-0.25, -0.2) is 5.84 Å². The zero-order valence-corrected chi connectivity index (χ0v) is 13.0. The highest BCUT2D eigenvalue weighted by molar-refractivity contribution is 6.39. The van der Waals surface area contributed by atoms with Crippen LogP contribution >= 0.6 is 0 Å². The van der Waals surface area contributed by atoms with Gasteiger partial charge in [0.1, 0.15) is 6.10 Å². The van der Waals surface area contributed by atoms with E-state index in [1.165, 1.54) is 12.5 Å². The second-order valence-corrected chi connectivity index (χ2v) is 5.63. The number of ether oxygens (including phenoxy) is 1. The van der Waals surface area contributed by atoms with Crippen molar-refractivity contribution in [1.29, 1.82) is 0 Å². The van der Waals surface area contributed by atoms with Crippen LogP contribution in [0.1, 0.15) is 44.1 Å². The third-order valence-corrected chi connectivity index (χ3v) is 3.98. The minimum absolute atomic E-state index is 0.0251.